The molecule has 136 valence electrons. The number of aromatic nitrogens is 1. The fourth-order valence-corrected chi connectivity index (χ4v) is 3.08. The topological polar surface area (TPSA) is 65.2 Å². The molecule has 0 bridgehead atoms. The maximum atomic E-state index is 14.1. The average molecular weight is 388 g/mol. The Morgan fingerprint density at radius 1 is 1.19 bits per heavy atom. The number of thiazole rings is 1. The van der Waals surface area contributed by atoms with E-state index in [1.807, 2.05) is 0 Å². The average Bonchev–Trinajstić information content (AvgIpc) is 2.95. The van der Waals surface area contributed by atoms with E-state index >= 15 is 0 Å². The molecule has 1 heterocycles. The number of primary amides is 1. The summed E-state index contributed by atoms with van der Waals surface area (Å²) in [5, 5.41) is 0.281. The molecule has 2 N–H and O–H groups in total. The molecule has 2 aromatic carbocycles. The SMILES string of the molecule is NC(=O)c1c(F)ccc(OCc2nc3cc(C(F)(F)F)ccc3s2)c1F. The molecule has 0 atom stereocenters. The second-order valence-corrected chi connectivity index (χ2v) is 6.29. The molecule has 3 rings (SSSR count). The Bertz CT molecular complexity index is 1000. The quantitative estimate of drug-likeness (QED) is 0.679. The molecule has 10 heteroatoms. The summed E-state index contributed by atoms with van der Waals surface area (Å²) in [5.74, 6) is -4.08. The van der Waals surface area contributed by atoms with Crippen molar-refractivity contribution in [1.29, 1.82) is 0 Å². The molecule has 4 nitrogen and oxygen atoms in total. The Hall–Kier alpha value is -2.75. The number of nitrogens with zero attached hydrogens (tertiary/aromatic N) is 1. The predicted molar refractivity (Wildman–Crippen MR) is 83.8 cm³/mol. The fraction of sp³-hybridized carbons (Fsp3) is 0.125. The van der Waals surface area contributed by atoms with Crippen molar-refractivity contribution in [2.45, 2.75) is 12.8 Å². The van der Waals surface area contributed by atoms with Crippen LogP contribution in [0, 0.1) is 11.6 Å². The highest BCUT2D eigenvalue weighted by Crippen LogP contribution is 2.33. The van der Waals surface area contributed by atoms with Gasteiger partial charge in [0.25, 0.3) is 5.91 Å². The van der Waals surface area contributed by atoms with Crippen molar-refractivity contribution in [2.75, 3.05) is 0 Å². The molecule has 26 heavy (non-hydrogen) atoms. The Balaban J connectivity index is 1.84. The van der Waals surface area contributed by atoms with Gasteiger partial charge in [0.15, 0.2) is 11.6 Å². The lowest BCUT2D eigenvalue weighted by Gasteiger charge is -2.08. The van der Waals surface area contributed by atoms with E-state index in [4.69, 9.17) is 10.5 Å². The second kappa shape index (κ2) is 6.52. The Labute approximate surface area is 147 Å². The lowest BCUT2D eigenvalue weighted by molar-refractivity contribution is -0.137. The Morgan fingerprint density at radius 2 is 1.92 bits per heavy atom. The summed E-state index contributed by atoms with van der Waals surface area (Å²) in [6.07, 6.45) is -4.49. The van der Waals surface area contributed by atoms with Gasteiger partial charge < -0.3 is 10.5 Å². The summed E-state index contributed by atoms with van der Waals surface area (Å²) in [5.41, 5.74) is 3.28. The number of carbonyl (C=O) groups is 1. The van der Waals surface area contributed by atoms with E-state index in [0.717, 1.165) is 35.6 Å². The first-order valence-electron chi connectivity index (χ1n) is 7.04. The molecule has 0 unspecified atom stereocenters. The molecule has 0 spiro atoms. The van der Waals surface area contributed by atoms with E-state index in [0.29, 0.717) is 4.70 Å². The lowest BCUT2D eigenvalue weighted by atomic mass is 10.2. The van der Waals surface area contributed by atoms with Gasteiger partial charge in [0.1, 0.15) is 23.0 Å². The molecule has 0 saturated heterocycles. The zero-order chi connectivity index (χ0) is 19.1. The van der Waals surface area contributed by atoms with Gasteiger partial charge >= 0.3 is 6.18 Å². The maximum absolute atomic E-state index is 14.1. The van der Waals surface area contributed by atoms with Crippen molar-refractivity contribution in [1.82, 2.24) is 4.98 Å². The molecule has 0 aliphatic carbocycles. The number of fused-ring (bicyclic) bond motifs is 1. The smallest absolute Gasteiger partial charge is 0.416 e. The van der Waals surface area contributed by atoms with Crippen LogP contribution in [0.3, 0.4) is 0 Å². The van der Waals surface area contributed by atoms with Crippen LogP contribution in [0.1, 0.15) is 20.9 Å². The molecule has 1 amide bonds. The Kier molecular flexibility index (Phi) is 4.53. The van der Waals surface area contributed by atoms with Crippen LogP contribution < -0.4 is 10.5 Å². The molecule has 1 aromatic heterocycles. The van der Waals surface area contributed by atoms with E-state index in [-0.39, 0.29) is 17.1 Å². The highest BCUT2D eigenvalue weighted by atomic mass is 32.1. The first-order chi connectivity index (χ1) is 12.2. The standard InChI is InChI=1S/C16H9F5N2O2S/c17-8-2-3-10(14(18)13(8)15(22)24)25-6-12-23-9-5-7(16(19,20)21)1-4-11(9)26-12/h1-5H,6H2,(H2,22,24). The van der Waals surface area contributed by atoms with Gasteiger partial charge in [0.2, 0.25) is 0 Å². The van der Waals surface area contributed by atoms with Crippen LogP contribution in [-0.2, 0) is 12.8 Å². The molecule has 0 saturated carbocycles. The number of benzene rings is 2. The number of hydrogen-bond acceptors (Lipinski definition) is 4. The maximum Gasteiger partial charge on any atom is 0.416 e. The minimum absolute atomic E-state index is 0.126. The zero-order valence-electron chi connectivity index (χ0n) is 12.7. The van der Waals surface area contributed by atoms with Gasteiger partial charge in [-0.3, -0.25) is 4.79 Å². The van der Waals surface area contributed by atoms with Crippen LogP contribution in [0.25, 0.3) is 10.2 Å². The first-order valence-corrected chi connectivity index (χ1v) is 7.85. The van der Waals surface area contributed by atoms with Crippen molar-refractivity contribution in [3.05, 3.63) is 58.1 Å². The number of halogens is 5. The van der Waals surface area contributed by atoms with Gasteiger partial charge in [-0.2, -0.15) is 13.2 Å². The highest BCUT2D eigenvalue weighted by molar-refractivity contribution is 7.18. The number of nitrogens with two attached hydrogens (primary N) is 1. The number of rotatable bonds is 4. The van der Waals surface area contributed by atoms with Crippen molar-refractivity contribution in [2.24, 2.45) is 5.73 Å². The van der Waals surface area contributed by atoms with Gasteiger partial charge in [0, 0.05) is 0 Å². The third kappa shape index (κ3) is 3.45. The van der Waals surface area contributed by atoms with E-state index in [2.05, 4.69) is 4.98 Å². The lowest BCUT2D eigenvalue weighted by Crippen LogP contribution is -2.16. The summed E-state index contributed by atoms with van der Waals surface area (Å²) >= 11 is 1.06. The van der Waals surface area contributed by atoms with Crippen LogP contribution >= 0.6 is 11.3 Å². The summed E-state index contributed by atoms with van der Waals surface area (Å²) in [6.45, 7) is -0.276. The third-order valence-corrected chi connectivity index (χ3v) is 4.42. The number of amides is 1. The molecule has 0 fully saturated rings. The zero-order valence-corrected chi connectivity index (χ0v) is 13.5. The molecular formula is C16H9F5N2O2S. The summed E-state index contributed by atoms with van der Waals surface area (Å²) < 4.78 is 71.3. The van der Waals surface area contributed by atoms with Crippen LogP contribution in [0.15, 0.2) is 30.3 Å². The summed E-state index contributed by atoms with van der Waals surface area (Å²) in [4.78, 5) is 15.1. The van der Waals surface area contributed by atoms with Crippen LogP contribution in [0.2, 0.25) is 0 Å². The van der Waals surface area contributed by atoms with Gasteiger partial charge in [0.05, 0.1) is 15.8 Å². The van der Waals surface area contributed by atoms with Crippen molar-refractivity contribution >= 4 is 27.5 Å². The Morgan fingerprint density at radius 3 is 2.58 bits per heavy atom. The van der Waals surface area contributed by atoms with Crippen molar-refractivity contribution in [3.8, 4) is 5.75 Å². The van der Waals surface area contributed by atoms with Gasteiger partial charge in [-0.25, -0.2) is 13.8 Å². The molecule has 0 aliphatic rings. The monoisotopic (exact) mass is 388 g/mol. The number of hydrogen-bond donors (Lipinski definition) is 1. The number of carbonyl (C=O) groups excluding carboxylic acids is 1. The van der Waals surface area contributed by atoms with Crippen LogP contribution in [0.4, 0.5) is 22.0 Å². The molecular weight excluding hydrogens is 379 g/mol. The van der Waals surface area contributed by atoms with Crippen molar-refractivity contribution < 1.29 is 31.5 Å². The number of ether oxygens (including phenoxy) is 1. The normalized spacial score (nSPS) is 11.7. The van der Waals surface area contributed by atoms with E-state index in [1.165, 1.54) is 6.07 Å². The molecule has 3 aromatic rings. The van der Waals surface area contributed by atoms with Gasteiger partial charge in [-0.1, -0.05) is 0 Å². The van der Waals surface area contributed by atoms with E-state index in [9.17, 15) is 26.7 Å². The largest absolute Gasteiger partial charge is 0.483 e. The highest BCUT2D eigenvalue weighted by Gasteiger charge is 2.30. The van der Waals surface area contributed by atoms with Gasteiger partial charge in [-0.05, 0) is 30.3 Å². The first kappa shape index (κ1) is 18.1. The van der Waals surface area contributed by atoms with Crippen LogP contribution in [-0.4, -0.2) is 10.9 Å². The molecule has 0 radical (unpaired) electrons. The fourth-order valence-electron chi connectivity index (χ4n) is 2.22. The minimum atomic E-state index is -4.49. The molecule has 0 aliphatic heterocycles. The van der Waals surface area contributed by atoms with Gasteiger partial charge in [-0.15, -0.1) is 11.3 Å². The van der Waals surface area contributed by atoms with E-state index < -0.39 is 40.6 Å². The minimum Gasteiger partial charge on any atom is -0.483 e. The van der Waals surface area contributed by atoms with E-state index in [1.54, 1.807) is 0 Å². The third-order valence-electron chi connectivity index (χ3n) is 3.41. The summed E-state index contributed by atoms with van der Waals surface area (Å²) in [7, 11) is 0. The second-order valence-electron chi connectivity index (χ2n) is 5.18. The summed E-state index contributed by atoms with van der Waals surface area (Å²) in [6, 6.07) is 4.92. The van der Waals surface area contributed by atoms with Crippen molar-refractivity contribution in [3.63, 3.8) is 0 Å². The van der Waals surface area contributed by atoms with Crippen LogP contribution in [0.5, 0.6) is 5.75 Å². The number of alkyl halides is 3. The predicted octanol–water partition coefficient (Wildman–Crippen LogP) is 4.27.